The zero-order valence-corrected chi connectivity index (χ0v) is 11.7. The minimum Gasteiger partial charge on any atom is -0.334 e. The molecular weight excluding hydrogens is 210 g/mol. The Balaban J connectivity index is 2.31. The van der Waals surface area contributed by atoms with E-state index in [2.05, 4.69) is 48.8 Å². The summed E-state index contributed by atoms with van der Waals surface area (Å²) in [6.45, 7) is 11.0. The molecule has 0 bridgehead atoms. The third-order valence-electron chi connectivity index (χ3n) is 3.05. The lowest BCUT2D eigenvalue weighted by Gasteiger charge is -2.15. The van der Waals surface area contributed by atoms with Crippen LogP contribution in [-0.2, 0) is 13.1 Å². The van der Waals surface area contributed by atoms with Crippen LogP contribution >= 0.6 is 0 Å². The van der Waals surface area contributed by atoms with Gasteiger partial charge in [0.15, 0.2) is 0 Å². The van der Waals surface area contributed by atoms with Crippen molar-refractivity contribution in [2.75, 3.05) is 0 Å². The maximum absolute atomic E-state index is 4.40. The van der Waals surface area contributed by atoms with Crippen LogP contribution in [0.4, 0.5) is 0 Å². The Hall–Kier alpha value is -0.830. The first-order valence-electron chi connectivity index (χ1n) is 6.86. The van der Waals surface area contributed by atoms with E-state index in [1.165, 1.54) is 12.8 Å². The summed E-state index contributed by atoms with van der Waals surface area (Å²) in [7, 11) is 0. The van der Waals surface area contributed by atoms with Gasteiger partial charge in [-0.15, -0.1) is 0 Å². The molecule has 3 nitrogen and oxygen atoms in total. The molecule has 0 radical (unpaired) electrons. The number of aromatic nitrogens is 2. The lowest BCUT2D eigenvalue weighted by molar-refractivity contribution is 0.441. The van der Waals surface area contributed by atoms with Gasteiger partial charge in [-0.05, 0) is 32.1 Å². The normalized spacial score (nSPS) is 13.2. The largest absolute Gasteiger partial charge is 0.334 e. The van der Waals surface area contributed by atoms with E-state index >= 15 is 0 Å². The van der Waals surface area contributed by atoms with Crippen molar-refractivity contribution >= 4 is 0 Å². The van der Waals surface area contributed by atoms with Crippen molar-refractivity contribution in [3.63, 3.8) is 0 Å². The SMILES string of the molecule is CCCn1ccnc1CNC(C)CCC(C)C. The summed E-state index contributed by atoms with van der Waals surface area (Å²) in [5.41, 5.74) is 0. The van der Waals surface area contributed by atoms with Crippen LogP contribution in [0.5, 0.6) is 0 Å². The van der Waals surface area contributed by atoms with E-state index in [1.807, 2.05) is 6.20 Å². The molecule has 0 spiro atoms. The molecule has 98 valence electrons. The van der Waals surface area contributed by atoms with Gasteiger partial charge >= 0.3 is 0 Å². The Morgan fingerprint density at radius 2 is 2.06 bits per heavy atom. The second-order valence-corrected chi connectivity index (χ2v) is 5.29. The molecule has 1 N–H and O–H groups in total. The van der Waals surface area contributed by atoms with Crippen LogP contribution in [0.15, 0.2) is 12.4 Å². The highest BCUT2D eigenvalue weighted by Crippen LogP contribution is 2.07. The molecular formula is C14H27N3. The average Bonchev–Trinajstić information content (AvgIpc) is 2.71. The summed E-state index contributed by atoms with van der Waals surface area (Å²) in [4.78, 5) is 4.40. The first-order chi connectivity index (χ1) is 8.13. The maximum atomic E-state index is 4.40. The molecule has 0 saturated carbocycles. The molecule has 17 heavy (non-hydrogen) atoms. The van der Waals surface area contributed by atoms with Gasteiger partial charge in [0.05, 0.1) is 6.54 Å². The molecule has 0 fully saturated rings. The van der Waals surface area contributed by atoms with Gasteiger partial charge in [-0.3, -0.25) is 0 Å². The fraction of sp³-hybridized carbons (Fsp3) is 0.786. The number of imidazole rings is 1. The Morgan fingerprint density at radius 3 is 2.71 bits per heavy atom. The molecule has 1 aromatic rings. The molecule has 0 amide bonds. The first-order valence-corrected chi connectivity index (χ1v) is 6.86. The van der Waals surface area contributed by atoms with E-state index < -0.39 is 0 Å². The van der Waals surface area contributed by atoms with E-state index in [-0.39, 0.29) is 0 Å². The summed E-state index contributed by atoms with van der Waals surface area (Å²) in [5, 5.41) is 3.56. The molecule has 0 saturated heterocycles. The van der Waals surface area contributed by atoms with Crippen LogP contribution in [0.25, 0.3) is 0 Å². The average molecular weight is 237 g/mol. The van der Waals surface area contributed by atoms with E-state index in [0.29, 0.717) is 6.04 Å². The van der Waals surface area contributed by atoms with Crippen LogP contribution < -0.4 is 5.32 Å². The lowest BCUT2D eigenvalue weighted by Crippen LogP contribution is -2.27. The van der Waals surface area contributed by atoms with E-state index in [0.717, 1.165) is 31.3 Å². The second-order valence-electron chi connectivity index (χ2n) is 5.29. The minimum absolute atomic E-state index is 0.573. The summed E-state index contributed by atoms with van der Waals surface area (Å²) < 4.78 is 2.24. The monoisotopic (exact) mass is 237 g/mol. The van der Waals surface area contributed by atoms with Gasteiger partial charge in [0.25, 0.3) is 0 Å². The fourth-order valence-corrected chi connectivity index (χ4v) is 1.90. The quantitative estimate of drug-likeness (QED) is 0.752. The summed E-state index contributed by atoms with van der Waals surface area (Å²) in [6.07, 6.45) is 7.65. The first kappa shape index (κ1) is 14.2. The molecule has 1 rings (SSSR count). The topological polar surface area (TPSA) is 29.9 Å². The van der Waals surface area contributed by atoms with Crippen molar-refractivity contribution in [1.82, 2.24) is 14.9 Å². The van der Waals surface area contributed by atoms with Crippen LogP contribution in [0.3, 0.4) is 0 Å². The van der Waals surface area contributed by atoms with E-state index in [9.17, 15) is 0 Å². The molecule has 1 heterocycles. The van der Waals surface area contributed by atoms with Crippen LogP contribution in [-0.4, -0.2) is 15.6 Å². The third kappa shape index (κ3) is 5.35. The van der Waals surface area contributed by atoms with Crippen LogP contribution in [0.2, 0.25) is 0 Å². The Kier molecular flexibility index (Phi) is 6.27. The molecule has 0 aliphatic carbocycles. The molecule has 1 unspecified atom stereocenters. The van der Waals surface area contributed by atoms with Gasteiger partial charge in [-0.25, -0.2) is 4.98 Å². The molecule has 3 heteroatoms. The Morgan fingerprint density at radius 1 is 1.29 bits per heavy atom. The maximum Gasteiger partial charge on any atom is 0.122 e. The van der Waals surface area contributed by atoms with Crippen molar-refractivity contribution < 1.29 is 0 Å². The highest BCUT2D eigenvalue weighted by molar-refractivity contribution is 4.92. The van der Waals surface area contributed by atoms with E-state index in [4.69, 9.17) is 0 Å². The zero-order valence-electron chi connectivity index (χ0n) is 11.7. The van der Waals surface area contributed by atoms with Gasteiger partial charge in [0, 0.05) is 25.0 Å². The number of nitrogens with one attached hydrogen (secondary N) is 1. The van der Waals surface area contributed by atoms with Gasteiger partial charge in [0.2, 0.25) is 0 Å². The summed E-state index contributed by atoms with van der Waals surface area (Å²) in [6, 6.07) is 0.573. The number of nitrogens with zero attached hydrogens (tertiary/aromatic N) is 2. The number of hydrogen-bond acceptors (Lipinski definition) is 2. The highest BCUT2D eigenvalue weighted by Gasteiger charge is 2.06. The second kappa shape index (κ2) is 7.49. The van der Waals surface area contributed by atoms with Crippen LogP contribution in [0.1, 0.15) is 52.8 Å². The summed E-state index contributed by atoms with van der Waals surface area (Å²) in [5.74, 6) is 1.95. The predicted molar refractivity (Wildman–Crippen MR) is 72.9 cm³/mol. The molecule has 0 aliphatic rings. The third-order valence-corrected chi connectivity index (χ3v) is 3.05. The van der Waals surface area contributed by atoms with Gasteiger partial charge in [0.1, 0.15) is 5.82 Å². The molecule has 1 aromatic heterocycles. The lowest BCUT2D eigenvalue weighted by atomic mass is 10.0. The van der Waals surface area contributed by atoms with Gasteiger partial charge in [-0.2, -0.15) is 0 Å². The van der Waals surface area contributed by atoms with Crippen LogP contribution in [0, 0.1) is 5.92 Å². The van der Waals surface area contributed by atoms with Gasteiger partial charge < -0.3 is 9.88 Å². The number of rotatable bonds is 8. The fourth-order valence-electron chi connectivity index (χ4n) is 1.90. The standard InChI is InChI=1S/C14H27N3/c1-5-9-17-10-8-15-14(17)11-16-13(4)7-6-12(2)3/h8,10,12-13,16H,5-7,9,11H2,1-4H3. The van der Waals surface area contributed by atoms with Crippen molar-refractivity contribution in [2.24, 2.45) is 5.92 Å². The van der Waals surface area contributed by atoms with Crippen molar-refractivity contribution in [3.8, 4) is 0 Å². The minimum atomic E-state index is 0.573. The predicted octanol–water partition coefficient (Wildman–Crippen LogP) is 3.21. The summed E-state index contributed by atoms with van der Waals surface area (Å²) >= 11 is 0. The Bertz CT molecular complexity index is 304. The van der Waals surface area contributed by atoms with Crippen molar-refractivity contribution in [3.05, 3.63) is 18.2 Å². The molecule has 1 atom stereocenters. The number of hydrogen-bond donors (Lipinski definition) is 1. The Labute approximate surface area is 106 Å². The van der Waals surface area contributed by atoms with Crippen molar-refractivity contribution in [2.45, 2.75) is 66.1 Å². The van der Waals surface area contributed by atoms with Crippen molar-refractivity contribution in [1.29, 1.82) is 0 Å². The number of aryl methyl sites for hydroxylation is 1. The smallest absolute Gasteiger partial charge is 0.122 e. The highest BCUT2D eigenvalue weighted by atomic mass is 15.1. The molecule has 0 aliphatic heterocycles. The van der Waals surface area contributed by atoms with Gasteiger partial charge in [-0.1, -0.05) is 20.8 Å². The zero-order chi connectivity index (χ0) is 12.7. The molecule has 0 aromatic carbocycles. The van der Waals surface area contributed by atoms with E-state index in [1.54, 1.807) is 0 Å².